The summed E-state index contributed by atoms with van der Waals surface area (Å²) in [5.74, 6) is -0.930. The van der Waals surface area contributed by atoms with Crippen LogP contribution in [0.15, 0.2) is 27.4 Å². The number of aliphatic carboxylic acids is 1. The molecule has 0 unspecified atom stereocenters. The molecule has 0 fully saturated rings. The molecule has 0 atom stereocenters. The van der Waals surface area contributed by atoms with Crippen LogP contribution in [-0.2, 0) is 16.0 Å². The number of hydrogen-bond acceptors (Lipinski definition) is 5. The minimum absolute atomic E-state index is 0.0456. The summed E-state index contributed by atoms with van der Waals surface area (Å²) < 4.78 is 10.7. The molecule has 24 heavy (non-hydrogen) atoms. The van der Waals surface area contributed by atoms with Crippen LogP contribution in [0.1, 0.15) is 24.5 Å². The molecule has 0 aliphatic rings. The van der Waals surface area contributed by atoms with Gasteiger partial charge in [0.25, 0.3) is 5.91 Å². The molecule has 1 aromatic heterocycles. The monoisotopic (exact) mass is 333 g/mol. The van der Waals surface area contributed by atoms with E-state index in [1.807, 2.05) is 19.9 Å². The molecule has 1 heterocycles. The van der Waals surface area contributed by atoms with Gasteiger partial charge < -0.3 is 19.6 Å². The van der Waals surface area contributed by atoms with Crippen molar-refractivity contribution in [2.75, 3.05) is 13.2 Å². The lowest BCUT2D eigenvalue weighted by Gasteiger charge is -2.12. The van der Waals surface area contributed by atoms with E-state index in [0.717, 1.165) is 16.5 Å². The molecule has 0 spiro atoms. The highest BCUT2D eigenvalue weighted by Crippen LogP contribution is 2.27. The van der Waals surface area contributed by atoms with E-state index in [9.17, 15) is 14.4 Å². The summed E-state index contributed by atoms with van der Waals surface area (Å²) >= 11 is 0. The Morgan fingerprint density at radius 3 is 2.71 bits per heavy atom. The minimum Gasteiger partial charge on any atom is -0.483 e. The summed E-state index contributed by atoms with van der Waals surface area (Å²) in [4.78, 5) is 33.6. The first-order valence-corrected chi connectivity index (χ1v) is 7.59. The Morgan fingerprint density at radius 2 is 2.04 bits per heavy atom. The number of carboxylic acids is 1. The highest BCUT2D eigenvalue weighted by atomic mass is 16.5. The SMILES string of the molecule is CCc1cc2c(C)cc(=O)oc2cc1OCC(=O)NCCC(=O)O. The van der Waals surface area contributed by atoms with Crippen LogP contribution < -0.4 is 15.7 Å². The average Bonchev–Trinajstić information content (AvgIpc) is 2.51. The standard InChI is InChI=1S/C17H19NO6/c1-3-11-7-12-10(2)6-17(22)24-14(12)8-13(11)23-9-15(19)18-5-4-16(20)21/h6-8H,3-5,9H2,1-2H3,(H,18,19)(H,20,21). The fourth-order valence-electron chi connectivity index (χ4n) is 2.30. The third kappa shape index (κ3) is 4.34. The van der Waals surface area contributed by atoms with E-state index in [-0.39, 0.29) is 19.6 Å². The second-order valence-electron chi connectivity index (χ2n) is 5.34. The van der Waals surface area contributed by atoms with Crippen LogP contribution in [0.2, 0.25) is 0 Å². The number of nitrogens with one attached hydrogen (secondary N) is 1. The number of benzene rings is 1. The highest BCUT2D eigenvalue weighted by molar-refractivity contribution is 5.83. The lowest BCUT2D eigenvalue weighted by Crippen LogP contribution is -2.30. The number of fused-ring (bicyclic) bond motifs is 1. The third-order valence-electron chi connectivity index (χ3n) is 3.53. The van der Waals surface area contributed by atoms with Crippen LogP contribution in [-0.4, -0.2) is 30.1 Å². The summed E-state index contributed by atoms with van der Waals surface area (Å²) in [7, 11) is 0. The zero-order chi connectivity index (χ0) is 17.7. The maximum atomic E-state index is 11.7. The van der Waals surface area contributed by atoms with Gasteiger partial charge in [0, 0.05) is 24.1 Å². The van der Waals surface area contributed by atoms with Crippen molar-refractivity contribution in [2.45, 2.75) is 26.7 Å². The van der Waals surface area contributed by atoms with E-state index in [4.69, 9.17) is 14.3 Å². The summed E-state index contributed by atoms with van der Waals surface area (Å²) in [5.41, 5.74) is 1.66. The van der Waals surface area contributed by atoms with Gasteiger partial charge in [0.05, 0.1) is 6.42 Å². The molecular weight excluding hydrogens is 314 g/mol. The van der Waals surface area contributed by atoms with Gasteiger partial charge in [0.1, 0.15) is 11.3 Å². The van der Waals surface area contributed by atoms with Crippen LogP contribution in [0.25, 0.3) is 11.0 Å². The average molecular weight is 333 g/mol. The topological polar surface area (TPSA) is 106 Å². The Bertz CT molecular complexity index is 824. The second-order valence-corrected chi connectivity index (χ2v) is 5.34. The van der Waals surface area contributed by atoms with E-state index >= 15 is 0 Å². The summed E-state index contributed by atoms with van der Waals surface area (Å²) in [6.07, 6.45) is 0.539. The molecule has 0 aliphatic carbocycles. The Balaban J connectivity index is 2.14. The summed E-state index contributed by atoms with van der Waals surface area (Å²) in [5, 5.41) is 11.8. The van der Waals surface area contributed by atoms with Gasteiger partial charge in [-0.1, -0.05) is 6.92 Å². The number of hydrogen-bond donors (Lipinski definition) is 2. The molecule has 7 nitrogen and oxygen atoms in total. The van der Waals surface area contributed by atoms with Crippen LogP contribution in [0.5, 0.6) is 5.75 Å². The number of carbonyl (C=O) groups excluding carboxylic acids is 1. The molecule has 7 heteroatoms. The fraction of sp³-hybridized carbons (Fsp3) is 0.353. The van der Waals surface area contributed by atoms with Crippen molar-refractivity contribution in [3.8, 4) is 5.75 Å². The molecule has 0 bridgehead atoms. The number of carbonyl (C=O) groups is 2. The van der Waals surface area contributed by atoms with E-state index in [0.29, 0.717) is 17.8 Å². The van der Waals surface area contributed by atoms with Crippen molar-refractivity contribution >= 4 is 22.8 Å². The predicted molar refractivity (Wildman–Crippen MR) is 87.4 cm³/mol. The molecule has 1 aromatic carbocycles. The Morgan fingerprint density at radius 1 is 1.29 bits per heavy atom. The normalized spacial score (nSPS) is 10.6. The molecule has 0 saturated heterocycles. The highest BCUT2D eigenvalue weighted by Gasteiger charge is 2.11. The maximum Gasteiger partial charge on any atom is 0.336 e. The minimum atomic E-state index is -0.982. The van der Waals surface area contributed by atoms with E-state index < -0.39 is 17.5 Å². The molecule has 1 amide bonds. The molecule has 0 aliphatic heterocycles. The van der Waals surface area contributed by atoms with Crippen molar-refractivity contribution in [1.29, 1.82) is 0 Å². The Kier molecular flexibility index (Phi) is 5.57. The predicted octanol–water partition coefficient (Wildman–Crippen LogP) is 1.63. The van der Waals surface area contributed by atoms with Gasteiger partial charge in [0.15, 0.2) is 6.61 Å². The van der Waals surface area contributed by atoms with E-state index in [1.165, 1.54) is 6.07 Å². The van der Waals surface area contributed by atoms with Gasteiger partial charge in [0.2, 0.25) is 0 Å². The molecule has 2 N–H and O–H groups in total. The van der Waals surface area contributed by atoms with Gasteiger partial charge in [-0.25, -0.2) is 4.79 Å². The largest absolute Gasteiger partial charge is 0.483 e. The molecular formula is C17H19NO6. The van der Waals surface area contributed by atoms with Gasteiger partial charge in [-0.05, 0) is 30.5 Å². The Labute approximate surface area is 138 Å². The Hall–Kier alpha value is -2.83. The van der Waals surface area contributed by atoms with Gasteiger partial charge >= 0.3 is 11.6 Å². The molecule has 2 aromatic rings. The molecule has 128 valence electrons. The number of amides is 1. The number of ether oxygens (including phenoxy) is 1. The second kappa shape index (κ2) is 7.63. The van der Waals surface area contributed by atoms with Crippen molar-refractivity contribution < 1.29 is 23.8 Å². The number of carboxylic acid groups (broad SMARTS) is 1. The smallest absolute Gasteiger partial charge is 0.336 e. The summed E-state index contributed by atoms with van der Waals surface area (Å²) in [6.45, 7) is 3.59. The van der Waals surface area contributed by atoms with Crippen LogP contribution in [0.4, 0.5) is 0 Å². The third-order valence-corrected chi connectivity index (χ3v) is 3.53. The van der Waals surface area contributed by atoms with Crippen LogP contribution in [0, 0.1) is 6.92 Å². The maximum absolute atomic E-state index is 11.7. The first-order chi connectivity index (χ1) is 11.4. The van der Waals surface area contributed by atoms with Gasteiger partial charge in [-0.3, -0.25) is 9.59 Å². The molecule has 2 rings (SSSR count). The molecule has 0 saturated carbocycles. The van der Waals surface area contributed by atoms with Crippen molar-refractivity contribution in [1.82, 2.24) is 5.32 Å². The lowest BCUT2D eigenvalue weighted by molar-refractivity contribution is -0.137. The zero-order valence-electron chi connectivity index (χ0n) is 13.5. The van der Waals surface area contributed by atoms with Gasteiger partial charge in [-0.2, -0.15) is 0 Å². The van der Waals surface area contributed by atoms with Crippen molar-refractivity contribution in [2.24, 2.45) is 0 Å². The zero-order valence-corrected chi connectivity index (χ0v) is 13.5. The first kappa shape index (κ1) is 17.5. The van der Waals surface area contributed by atoms with Crippen LogP contribution in [0.3, 0.4) is 0 Å². The quantitative estimate of drug-likeness (QED) is 0.746. The lowest BCUT2D eigenvalue weighted by atomic mass is 10.1. The van der Waals surface area contributed by atoms with E-state index in [2.05, 4.69) is 5.32 Å². The fourth-order valence-corrected chi connectivity index (χ4v) is 2.30. The van der Waals surface area contributed by atoms with E-state index in [1.54, 1.807) is 6.07 Å². The van der Waals surface area contributed by atoms with Crippen molar-refractivity contribution in [3.05, 3.63) is 39.7 Å². The summed E-state index contributed by atoms with van der Waals surface area (Å²) in [6, 6.07) is 4.91. The van der Waals surface area contributed by atoms with Crippen molar-refractivity contribution in [3.63, 3.8) is 0 Å². The van der Waals surface area contributed by atoms with Gasteiger partial charge in [-0.15, -0.1) is 0 Å². The number of rotatable bonds is 7. The number of aryl methyl sites for hydroxylation is 2. The molecule has 0 radical (unpaired) electrons. The van der Waals surface area contributed by atoms with Crippen LogP contribution >= 0.6 is 0 Å². The first-order valence-electron chi connectivity index (χ1n) is 7.59.